The molecule has 0 bridgehead atoms. The molecule has 20 heavy (non-hydrogen) atoms. The lowest BCUT2D eigenvalue weighted by Crippen LogP contribution is -2.45. The molecule has 1 aliphatic heterocycles. The van der Waals surface area contributed by atoms with E-state index in [0.29, 0.717) is 12.3 Å². The highest BCUT2D eigenvalue weighted by atomic mass is 19.3. The minimum Gasteiger partial charge on any atom is -0.477 e. The monoisotopic (exact) mass is 286 g/mol. The van der Waals surface area contributed by atoms with Crippen molar-refractivity contribution in [1.82, 2.24) is 5.32 Å². The summed E-state index contributed by atoms with van der Waals surface area (Å²) in [6.45, 7) is -0.0364. The van der Waals surface area contributed by atoms with Crippen molar-refractivity contribution < 1.29 is 23.0 Å². The van der Waals surface area contributed by atoms with E-state index < -0.39 is 19.1 Å². The first-order valence-electron chi connectivity index (χ1n) is 6.30. The molecule has 0 spiro atoms. The molecule has 5 nitrogen and oxygen atoms in total. The van der Waals surface area contributed by atoms with Crippen LogP contribution in [0.1, 0.15) is 0 Å². The number of amides is 1. The van der Waals surface area contributed by atoms with Gasteiger partial charge in [-0.05, 0) is 12.1 Å². The van der Waals surface area contributed by atoms with Gasteiger partial charge in [0.2, 0.25) is 0 Å². The van der Waals surface area contributed by atoms with Gasteiger partial charge in [0.05, 0.1) is 18.8 Å². The lowest BCUT2D eigenvalue weighted by molar-refractivity contribution is -0.127. The Bertz CT molecular complexity index is 457. The summed E-state index contributed by atoms with van der Waals surface area (Å²) in [5, 5.41) is 5.68. The molecule has 1 amide bonds. The fourth-order valence-electron chi connectivity index (χ4n) is 1.79. The van der Waals surface area contributed by atoms with Gasteiger partial charge in [0.15, 0.2) is 6.10 Å². The maximum Gasteiger partial charge on any atom is 0.263 e. The van der Waals surface area contributed by atoms with Crippen LogP contribution in [0.25, 0.3) is 0 Å². The molecule has 1 aliphatic rings. The molecular formula is C13H16F2N2O3. The third-order valence-corrected chi connectivity index (χ3v) is 2.72. The Kier molecular flexibility index (Phi) is 5.11. The van der Waals surface area contributed by atoms with Crippen molar-refractivity contribution in [1.29, 1.82) is 0 Å². The fraction of sp³-hybridized carbons (Fsp3) is 0.462. The Hall–Kier alpha value is -1.89. The highest BCUT2D eigenvalue weighted by molar-refractivity contribution is 5.83. The van der Waals surface area contributed by atoms with Crippen LogP contribution in [0.3, 0.4) is 0 Å². The number of ether oxygens (including phenoxy) is 2. The highest BCUT2D eigenvalue weighted by Gasteiger charge is 2.25. The number of alkyl halides is 2. The van der Waals surface area contributed by atoms with Gasteiger partial charge in [0.1, 0.15) is 12.4 Å². The summed E-state index contributed by atoms with van der Waals surface area (Å²) in [4.78, 5) is 11.8. The number of fused-ring (bicyclic) bond motifs is 1. The van der Waals surface area contributed by atoms with Gasteiger partial charge in [-0.15, -0.1) is 0 Å². The lowest BCUT2D eigenvalue weighted by atomic mass is 10.2. The zero-order valence-corrected chi connectivity index (χ0v) is 10.8. The Morgan fingerprint density at radius 1 is 1.50 bits per heavy atom. The minimum atomic E-state index is -2.49. The first-order valence-corrected chi connectivity index (χ1v) is 6.30. The Morgan fingerprint density at radius 3 is 3.10 bits per heavy atom. The van der Waals surface area contributed by atoms with Gasteiger partial charge in [0.25, 0.3) is 12.3 Å². The van der Waals surface area contributed by atoms with E-state index in [1.807, 2.05) is 18.2 Å². The van der Waals surface area contributed by atoms with E-state index in [4.69, 9.17) is 4.74 Å². The second kappa shape index (κ2) is 7.04. The third-order valence-electron chi connectivity index (χ3n) is 2.72. The van der Waals surface area contributed by atoms with Gasteiger partial charge < -0.3 is 20.1 Å². The van der Waals surface area contributed by atoms with Gasteiger partial charge in [0, 0.05) is 6.54 Å². The number of anilines is 1. The molecule has 1 aromatic carbocycles. The zero-order valence-electron chi connectivity index (χ0n) is 10.8. The van der Waals surface area contributed by atoms with Gasteiger partial charge in [-0.1, -0.05) is 12.1 Å². The van der Waals surface area contributed by atoms with Gasteiger partial charge in [-0.2, -0.15) is 0 Å². The lowest BCUT2D eigenvalue weighted by Gasteiger charge is -2.26. The van der Waals surface area contributed by atoms with E-state index in [9.17, 15) is 13.6 Å². The fourth-order valence-corrected chi connectivity index (χ4v) is 1.79. The van der Waals surface area contributed by atoms with Crippen LogP contribution in [0.5, 0.6) is 5.75 Å². The molecule has 7 heteroatoms. The number of benzene rings is 1. The number of hydrogen-bond donors (Lipinski definition) is 2. The summed E-state index contributed by atoms with van der Waals surface area (Å²) in [6.07, 6.45) is -3.13. The van der Waals surface area contributed by atoms with E-state index >= 15 is 0 Å². The first-order chi connectivity index (χ1) is 9.66. The van der Waals surface area contributed by atoms with E-state index in [0.717, 1.165) is 5.69 Å². The molecule has 0 radical (unpaired) electrons. The molecule has 1 aromatic rings. The van der Waals surface area contributed by atoms with Crippen molar-refractivity contribution in [3.63, 3.8) is 0 Å². The van der Waals surface area contributed by atoms with Crippen LogP contribution in [-0.2, 0) is 9.53 Å². The predicted molar refractivity (Wildman–Crippen MR) is 69.2 cm³/mol. The summed E-state index contributed by atoms with van der Waals surface area (Å²) >= 11 is 0. The standard InChI is InChI=1S/C13H16F2N2O3/c14-12(15)8-19-6-5-16-13(18)11-7-17-9-3-1-2-4-10(9)20-11/h1-4,11-12,17H,5-8H2,(H,16,18). The Morgan fingerprint density at radius 2 is 2.30 bits per heavy atom. The molecular weight excluding hydrogens is 270 g/mol. The molecule has 110 valence electrons. The number of carbonyl (C=O) groups excluding carboxylic acids is 1. The largest absolute Gasteiger partial charge is 0.477 e. The van der Waals surface area contributed by atoms with Crippen molar-refractivity contribution in [3.8, 4) is 5.75 Å². The number of rotatable bonds is 6. The van der Waals surface area contributed by atoms with Crippen LogP contribution in [0, 0.1) is 0 Å². The van der Waals surface area contributed by atoms with E-state index in [1.165, 1.54) is 0 Å². The smallest absolute Gasteiger partial charge is 0.263 e. The van der Waals surface area contributed by atoms with Gasteiger partial charge >= 0.3 is 0 Å². The summed E-state index contributed by atoms with van der Waals surface area (Å²) < 4.78 is 33.8. The SMILES string of the molecule is O=C(NCCOCC(F)F)C1CNc2ccccc2O1. The predicted octanol–water partition coefficient (Wildman–Crippen LogP) is 1.26. The molecule has 0 fully saturated rings. The summed E-state index contributed by atoms with van der Waals surface area (Å²) in [7, 11) is 0. The van der Waals surface area contributed by atoms with Crippen LogP contribution < -0.4 is 15.4 Å². The molecule has 2 rings (SSSR count). The Balaban J connectivity index is 1.72. The maximum absolute atomic E-state index is 11.8. The molecule has 0 saturated carbocycles. The first kappa shape index (κ1) is 14.5. The molecule has 1 unspecified atom stereocenters. The molecule has 1 atom stereocenters. The normalized spacial score (nSPS) is 17.1. The quantitative estimate of drug-likeness (QED) is 0.773. The van der Waals surface area contributed by atoms with E-state index in [2.05, 4.69) is 15.4 Å². The van der Waals surface area contributed by atoms with Crippen LogP contribution in [-0.4, -0.2) is 44.7 Å². The number of halogens is 2. The van der Waals surface area contributed by atoms with Crippen LogP contribution in [0.15, 0.2) is 24.3 Å². The summed E-state index contributed by atoms with van der Waals surface area (Å²) in [5.41, 5.74) is 0.844. The van der Waals surface area contributed by atoms with Crippen molar-refractivity contribution in [2.45, 2.75) is 12.5 Å². The molecule has 0 saturated heterocycles. The molecule has 1 heterocycles. The van der Waals surface area contributed by atoms with Crippen molar-refractivity contribution in [2.24, 2.45) is 0 Å². The second-order valence-electron chi connectivity index (χ2n) is 4.24. The second-order valence-corrected chi connectivity index (χ2v) is 4.24. The van der Waals surface area contributed by atoms with Gasteiger partial charge in [-0.3, -0.25) is 4.79 Å². The highest BCUT2D eigenvalue weighted by Crippen LogP contribution is 2.27. The van der Waals surface area contributed by atoms with Crippen molar-refractivity contribution >= 4 is 11.6 Å². The number of carbonyl (C=O) groups is 1. The topological polar surface area (TPSA) is 59.6 Å². The Labute approximate surface area is 115 Å². The zero-order chi connectivity index (χ0) is 14.4. The van der Waals surface area contributed by atoms with Crippen molar-refractivity contribution in [2.75, 3.05) is 31.6 Å². The van der Waals surface area contributed by atoms with Crippen molar-refractivity contribution in [3.05, 3.63) is 24.3 Å². The average molecular weight is 286 g/mol. The van der Waals surface area contributed by atoms with Crippen LogP contribution >= 0.6 is 0 Å². The van der Waals surface area contributed by atoms with Crippen LogP contribution in [0.4, 0.5) is 14.5 Å². The van der Waals surface area contributed by atoms with Crippen LogP contribution in [0.2, 0.25) is 0 Å². The molecule has 0 aromatic heterocycles. The molecule has 2 N–H and O–H groups in total. The average Bonchev–Trinajstić information content (AvgIpc) is 2.46. The van der Waals surface area contributed by atoms with Gasteiger partial charge in [-0.25, -0.2) is 8.78 Å². The third kappa shape index (κ3) is 4.06. The number of hydrogen-bond acceptors (Lipinski definition) is 4. The summed E-state index contributed by atoms with van der Waals surface area (Å²) in [6, 6.07) is 7.32. The van der Waals surface area contributed by atoms with E-state index in [1.54, 1.807) is 6.07 Å². The summed E-state index contributed by atoms with van der Waals surface area (Å²) in [5.74, 6) is 0.320. The van der Waals surface area contributed by atoms with E-state index in [-0.39, 0.29) is 19.1 Å². The number of para-hydroxylation sites is 2. The number of nitrogens with one attached hydrogen (secondary N) is 2. The maximum atomic E-state index is 11.8. The minimum absolute atomic E-state index is 0.0484. The molecule has 0 aliphatic carbocycles.